The van der Waals surface area contributed by atoms with Gasteiger partial charge in [0.2, 0.25) is 5.91 Å². The van der Waals surface area contributed by atoms with Crippen LogP contribution < -0.4 is 5.32 Å². The summed E-state index contributed by atoms with van der Waals surface area (Å²) >= 11 is 0. The molecular weight excluding hydrogens is 533 g/mol. The van der Waals surface area contributed by atoms with Crippen molar-refractivity contribution in [2.24, 2.45) is 16.2 Å². The molecule has 0 saturated heterocycles. The summed E-state index contributed by atoms with van der Waals surface area (Å²) in [4.78, 5) is 60.9. The Labute approximate surface area is 233 Å². The van der Waals surface area contributed by atoms with E-state index in [1.54, 1.807) is 34.6 Å². The normalized spacial score (nSPS) is 11.6. The lowest BCUT2D eigenvalue weighted by Gasteiger charge is -2.21. The molecule has 0 unspecified atom stereocenters. The van der Waals surface area contributed by atoms with E-state index in [1.165, 1.54) is 0 Å². The second kappa shape index (κ2) is 18.9. The maximum Gasteiger partial charge on any atom is 0.469 e. The molecule has 0 aliphatic rings. The molecule has 1 amide bonds. The zero-order valence-corrected chi connectivity index (χ0v) is 26.1. The number of carbonyl (C=O) groups is 4. The molecule has 0 fully saturated rings. The molecule has 0 saturated carbocycles. The molecule has 4 N–H and O–H groups in total. The first-order valence-electron chi connectivity index (χ1n) is 12.7. The number of phosphoric ester groups is 1. The molecule has 39 heavy (non-hydrogen) atoms. The van der Waals surface area contributed by atoms with Gasteiger partial charge in [0.05, 0.1) is 24.0 Å². The van der Waals surface area contributed by atoms with Crippen molar-refractivity contribution < 1.29 is 52.6 Å². The minimum absolute atomic E-state index is 0.0265. The number of carboxylic acids is 1. The molecule has 230 valence electrons. The molecular formula is C26H50NO11P. The number of rotatable bonds is 14. The predicted molar refractivity (Wildman–Crippen MR) is 148 cm³/mol. The zero-order chi connectivity index (χ0) is 31.7. The van der Waals surface area contributed by atoms with Gasteiger partial charge in [0, 0.05) is 11.0 Å². The molecule has 0 bridgehead atoms. The Balaban J connectivity index is -0.000000526. The third-order valence-corrected chi connectivity index (χ3v) is 6.46. The number of hydrogen-bond donors (Lipinski definition) is 4. The van der Waals surface area contributed by atoms with Crippen LogP contribution >= 0.6 is 7.82 Å². The molecule has 0 radical (unpaired) electrons. The van der Waals surface area contributed by atoms with Crippen LogP contribution in [0, 0.1) is 16.2 Å². The van der Waals surface area contributed by atoms with Gasteiger partial charge in [-0.15, -0.1) is 0 Å². The molecule has 0 rings (SSSR count). The lowest BCUT2D eigenvalue weighted by Crippen LogP contribution is -2.38. The van der Waals surface area contributed by atoms with Crippen molar-refractivity contribution in [2.45, 2.75) is 88.5 Å². The molecule has 13 heteroatoms. The Morgan fingerprint density at radius 3 is 1.59 bits per heavy atom. The summed E-state index contributed by atoms with van der Waals surface area (Å²) in [6.07, 6.45) is 2.08. The van der Waals surface area contributed by atoms with Crippen LogP contribution in [-0.2, 0) is 37.7 Å². The van der Waals surface area contributed by atoms with Gasteiger partial charge in [-0.25, -0.2) is 9.36 Å². The topological polar surface area (TPSA) is 186 Å². The number of ether oxygens (including phenoxy) is 2. The van der Waals surface area contributed by atoms with Gasteiger partial charge in [-0.2, -0.15) is 0 Å². The van der Waals surface area contributed by atoms with Crippen LogP contribution in [0.15, 0.2) is 12.2 Å². The molecule has 0 aromatic carbocycles. The van der Waals surface area contributed by atoms with Crippen molar-refractivity contribution >= 4 is 31.6 Å². The Bertz CT molecular complexity index is 845. The van der Waals surface area contributed by atoms with E-state index in [2.05, 4.69) is 16.4 Å². The fourth-order valence-electron chi connectivity index (χ4n) is 1.61. The Morgan fingerprint density at radius 2 is 1.26 bits per heavy atom. The molecule has 0 aromatic rings. The molecule has 0 spiro atoms. The van der Waals surface area contributed by atoms with Crippen molar-refractivity contribution in [3.8, 4) is 0 Å². The van der Waals surface area contributed by atoms with Crippen LogP contribution in [0.3, 0.4) is 0 Å². The average Bonchev–Trinajstić information content (AvgIpc) is 2.83. The van der Waals surface area contributed by atoms with E-state index in [0.717, 1.165) is 6.42 Å². The van der Waals surface area contributed by atoms with E-state index < -0.39 is 36.6 Å². The number of hydrogen-bond acceptors (Lipinski definition) is 8. The smallest absolute Gasteiger partial charge is 0.469 e. The molecule has 0 atom stereocenters. The van der Waals surface area contributed by atoms with Crippen molar-refractivity contribution in [1.29, 1.82) is 0 Å². The van der Waals surface area contributed by atoms with E-state index in [-0.39, 0.29) is 31.1 Å². The third kappa shape index (κ3) is 21.3. The van der Waals surface area contributed by atoms with E-state index in [9.17, 15) is 23.7 Å². The molecule has 0 heterocycles. The maximum atomic E-state index is 11.6. The molecule has 0 aliphatic carbocycles. The summed E-state index contributed by atoms with van der Waals surface area (Å²) in [6, 6.07) is 0. The van der Waals surface area contributed by atoms with Gasteiger partial charge in [0.25, 0.3) is 0 Å². The fourth-order valence-corrected chi connectivity index (χ4v) is 1.93. The number of phosphoric acid groups is 1. The number of nitrogens with one attached hydrogen (secondary N) is 1. The van der Waals surface area contributed by atoms with Crippen LogP contribution in [-0.4, -0.2) is 65.1 Å². The Hall–Kier alpha value is -2.27. The largest absolute Gasteiger partial charge is 0.481 e. The van der Waals surface area contributed by atoms with Gasteiger partial charge in [-0.05, 0) is 53.9 Å². The lowest BCUT2D eigenvalue weighted by molar-refractivity contribution is -0.155. The highest BCUT2D eigenvalue weighted by molar-refractivity contribution is 7.46. The number of aliphatic carboxylic acids is 1. The second-order valence-electron chi connectivity index (χ2n) is 10.6. The first-order valence-corrected chi connectivity index (χ1v) is 14.2. The third-order valence-electron chi connectivity index (χ3n) is 5.94. The van der Waals surface area contributed by atoms with Gasteiger partial charge >= 0.3 is 25.7 Å². The summed E-state index contributed by atoms with van der Waals surface area (Å²) in [5.74, 6) is -1.58. The highest BCUT2D eigenvalue weighted by Gasteiger charge is 2.27. The van der Waals surface area contributed by atoms with Crippen molar-refractivity contribution in [1.82, 2.24) is 5.32 Å². The average molecular weight is 584 g/mol. The highest BCUT2D eigenvalue weighted by Crippen LogP contribution is 2.35. The molecule has 0 aromatic heterocycles. The van der Waals surface area contributed by atoms with Crippen LogP contribution in [0.25, 0.3) is 0 Å². The van der Waals surface area contributed by atoms with E-state index in [4.69, 9.17) is 24.4 Å². The molecule has 12 nitrogen and oxygen atoms in total. The van der Waals surface area contributed by atoms with Gasteiger partial charge in [0.1, 0.15) is 13.2 Å². The fraction of sp³-hybridized carbons (Fsp3) is 0.769. The highest BCUT2D eigenvalue weighted by atomic mass is 31.2. The number of carbonyl (C=O) groups excluding carboxylic acids is 3. The van der Waals surface area contributed by atoms with Crippen molar-refractivity contribution in [3.63, 3.8) is 0 Å². The first-order chi connectivity index (χ1) is 17.5. The summed E-state index contributed by atoms with van der Waals surface area (Å²) in [5, 5.41) is 11.2. The lowest BCUT2D eigenvalue weighted by atomic mass is 9.89. The zero-order valence-electron chi connectivity index (χ0n) is 25.2. The Morgan fingerprint density at radius 1 is 0.795 bits per heavy atom. The first kappa shape index (κ1) is 41.2. The summed E-state index contributed by atoms with van der Waals surface area (Å²) in [5.41, 5.74) is -1.14. The van der Waals surface area contributed by atoms with Crippen LogP contribution in [0.1, 0.15) is 88.5 Å². The number of carboxylic acid groups (broad SMARTS) is 1. The van der Waals surface area contributed by atoms with Crippen molar-refractivity contribution in [2.75, 3.05) is 26.4 Å². The SMILES string of the molecule is C=C(C)C(=O)OCCNC(=O)C(C)(C)CC.CCC(C)(C)C(=O)O.CCC(C)(C)C(=O)OCCOP(=O)(O)O. The van der Waals surface area contributed by atoms with Crippen LogP contribution in [0.2, 0.25) is 0 Å². The van der Waals surface area contributed by atoms with Gasteiger partial charge in [-0.1, -0.05) is 41.2 Å². The minimum Gasteiger partial charge on any atom is -0.481 e. The van der Waals surface area contributed by atoms with Crippen LogP contribution in [0.4, 0.5) is 0 Å². The Kier molecular flexibility index (Phi) is 20.0. The van der Waals surface area contributed by atoms with E-state index in [1.807, 2.05) is 34.6 Å². The predicted octanol–water partition coefficient (Wildman–Crippen LogP) is 4.24. The van der Waals surface area contributed by atoms with E-state index >= 15 is 0 Å². The maximum absolute atomic E-state index is 11.6. The second-order valence-corrected chi connectivity index (χ2v) is 11.9. The summed E-state index contributed by atoms with van der Waals surface area (Å²) in [7, 11) is -4.46. The van der Waals surface area contributed by atoms with Gasteiger partial charge in [0.15, 0.2) is 0 Å². The van der Waals surface area contributed by atoms with Gasteiger partial charge < -0.3 is 29.7 Å². The number of esters is 2. The molecule has 0 aliphatic heterocycles. The summed E-state index contributed by atoms with van der Waals surface area (Å²) in [6.45, 7) is 21.4. The number of amides is 1. The summed E-state index contributed by atoms with van der Waals surface area (Å²) < 4.78 is 24.0. The quantitative estimate of drug-likeness (QED) is 0.0991. The monoisotopic (exact) mass is 583 g/mol. The van der Waals surface area contributed by atoms with Crippen molar-refractivity contribution in [3.05, 3.63) is 12.2 Å². The van der Waals surface area contributed by atoms with Crippen LogP contribution in [0.5, 0.6) is 0 Å². The van der Waals surface area contributed by atoms with Gasteiger partial charge in [-0.3, -0.25) is 18.9 Å². The van der Waals surface area contributed by atoms with E-state index in [0.29, 0.717) is 25.0 Å². The minimum atomic E-state index is -4.46. The standard InChI is InChI=1S/C12H21NO3.C8H17O6P.C6H12O2/c1-6-12(4,5)11(15)13-7-8-16-10(14)9(2)3;1-4-8(2,3)7(9)13-5-6-14-15(10,11)12;1-4-6(2,3)5(7)8/h2,6-8H2,1,3-5H3,(H,13,15);4-6H2,1-3H3,(H2,10,11,12);4H2,1-3H3,(H,7,8).